The Morgan fingerprint density at radius 3 is 2.69 bits per heavy atom. The molecule has 1 fully saturated rings. The predicted octanol–water partition coefficient (Wildman–Crippen LogP) is 4.29. The van der Waals surface area contributed by atoms with Gasteiger partial charge in [0.15, 0.2) is 0 Å². The van der Waals surface area contributed by atoms with Crippen LogP contribution in [0.15, 0.2) is 42.5 Å². The molecule has 2 aromatic carbocycles. The van der Waals surface area contributed by atoms with Gasteiger partial charge in [-0.05, 0) is 48.6 Å². The molecule has 0 bridgehead atoms. The highest BCUT2D eigenvalue weighted by Crippen LogP contribution is 2.61. The van der Waals surface area contributed by atoms with Crippen LogP contribution in [0.25, 0.3) is 0 Å². The van der Waals surface area contributed by atoms with Crippen LogP contribution in [0.3, 0.4) is 0 Å². The molecule has 3 unspecified atom stereocenters. The molecule has 0 aliphatic heterocycles. The fraction of sp³-hybridized carbons (Fsp3) is 0.350. The van der Waals surface area contributed by atoms with Crippen LogP contribution in [-0.4, -0.2) is 12.3 Å². The van der Waals surface area contributed by atoms with Gasteiger partial charge in [0.1, 0.15) is 17.7 Å². The zero-order chi connectivity index (χ0) is 18.5. The molecule has 1 amide bonds. The minimum Gasteiger partial charge on any atom is -0.343 e. The number of hydrogen-bond acceptors (Lipinski definition) is 1. The lowest BCUT2D eigenvalue weighted by molar-refractivity contribution is -0.124. The number of amides is 1. The average molecular weight is 363 g/mol. The van der Waals surface area contributed by atoms with Crippen molar-refractivity contribution in [2.45, 2.75) is 37.1 Å². The number of alkyl halides is 2. The summed E-state index contributed by atoms with van der Waals surface area (Å²) in [5.41, 5.74) is 1.46. The first-order chi connectivity index (χ1) is 12.4. The minimum absolute atomic E-state index is 0.298. The lowest BCUT2D eigenvalue weighted by atomic mass is 9.95. The monoisotopic (exact) mass is 363 g/mol. The Bertz CT molecular complexity index is 869. The third kappa shape index (κ3) is 2.68. The predicted molar refractivity (Wildman–Crippen MR) is 87.8 cm³/mol. The molecule has 4 rings (SSSR count). The molecular formula is C20H17F4NO. The molecule has 1 N–H and O–H groups in total. The lowest BCUT2D eigenvalue weighted by Gasteiger charge is -2.20. The second-order valence-corrected chi connectivity index (χ2v) is 7.06. The molecule has 0 saturated heterocycles. The van der Waals surface area contributed by atoms with E-state index >= 15 is 0 Å². The van der Waals surface area contributed by atoms with Gasteiger partial charge >= 0.3 is 0 Å². The maximum absolute atomic E-state index is 13.9. The number of carbonyl (C=O) groups is 1. The first-order valence-electron chi connectivity index (χ1n) is 8.54. The second kappa shape index (κ2) is 6.11. The molecular weight excluding hydrogens is 346 g/mol. The van der Waals surface area contributed by atoms with Gasteiger partial charge < -0.3 is 5.32 Å². The molecule has 26 heavy (non-hydrogen) atoms. The van der Waals surface area contributed by atoms with E-state index in [1.165, 1.54) is 5.56 Å². The summed E-state index contributed by atoms with van der Waals surface area (Å²) in [7, 11) is 0. The summed E-state index contributed by atoms with van der Waals surface area (Å²) in [6.45, 7) is 0. The van der Waals surface area contributed by atoms with E-state index in [-0.39, 0.29) is 5.41 Å². The standard InChI is InChI=1S/C20H17F4NO/c21-12-5-6-16(22)13(9-12)17(18(23)24)25-19(26)15-10-20(15)8-7-11-3-1-2-4-14(11)20/h1-6,9,15,17-18H,7-8,10H2,(H,25,26). The molecule has 2 aliphatic carbocycles. The van der Waals surface area contributed by atoms with E-state index in [1.54, 1.807) is 0 Å². The number of benzene rings is 2. The van der Waals surface area contributed by atoms with E-state index < -0.39 is 41.5 Å². The molecule has 2 nitrogen and oxygen atoms in total. The van der Waals surface area contributed by atoms with Gasteiger partial charge in [0.05, 0.1) is 0 Å². The fourth-order valence-corrected chi connectivity index (χ4v) is 4.22. The Morgan fingerprint density at radius 2 is 1.92 bits per heavy atom. The number of rotatable bonds is 4. The van der Waals surface area contributed by atoms with Crippen molar-refractivity contribution in [2.75, 3.05) is 0 Å². The number of fused-ring (bicyclic) bond motifs is 2. The lowest BCUT2D eigenvalue weighted by Crippen LogP contribution is -2.36. The third-order valence-electron chi connectivity index (χ3n) is 5.63. The molecule has 1 saturated carbocycles. The quantitative estimate of drug-likeness (QED) is 0.807. The number of aryl methyl sites for hydroxylation is 1. The van der Waals surface area contributed by atoms with Crippen molar-refractivity contribution in [3.05, 3.63) is 70.8 Å². The molecule has 0 heterocycles. The zero-order valence-electron chi connectivity index (χ0n) is 13.8. The van der Waals surface area contributed by atoms with Crippen LogP contribution in [0.4, 0.5) is 17.6 Å². The zero-order valence-corrected chi connectivity index (χ0v) is 13.8. The maximum Gasteiger partial charge on any atom is 0.262 e. The molecule has 136 valence electrons. The number of hydrogen-bond donors (Lipinski definition) is 1. The average Bonchev–Trinajstić information content (AvgIpc) is 3.24. The van der Waals surface area contributed by atoms with E-state index in [0.717, 1.165) is 30.5 Å². The Hall–Kier alpha value is -2.37. The number of nitrogens with one attached hydrogen (secondary N) is 1. The molecule has 2 aromatic rings. The van der Waals surface area contributed by atoms with Gasteiger partial charge in [-0.25, -0.2) is 17.6 Å². The SMILES string of the molecule is O=C(NC(c1cc(F)ccc1F)C(F)F)C1CC12CCc1ccccc12. The Kier molecular flexibility index (Phi) is 4.01. The first kappa shape index (κ1) is 17.1. The first-order valence-corrected chi connectivity index (χ1v) is 8.54. The van der Waals surface area contributed by atoms with Gasteiger partial charge in [-0.2, -0.15) is 0 Å². The highest BCUT2D eigenvalue weighted by molar-refractivity contribution is 5.85. The van der Waals surface area contributed by atoms with Crippen LogP contribution in [0, 0.1) is 17.6 Å². The van der Waals surface area contributed by atoms with E-state index in [2.05, 4.69) is 5.32 Å². The van der Waals surface area contributed by atoms with Crippen LogP contribution < -0.4 is 5.32 Å². The summed E-state index contributed by atoms with van der Waals surface area (Å²) in [6.07, 6.45) is -0.785. The van der Waals surface area contributed by atoms with Crippen LogP contribution in [-0.2, 0) is 16.6 Å². The summed E-state index contributed by atoms with van der Waals surface area (Å²) in [5, 5.41) is 2.25. The van der Waals surface area contributed by atoms with Crippen molar-refractivity contribution < 1.29 is 22.4 Å². The molecule has 0 radical (unpaired) electrons. The normalized spacial score (nSPS) is 24.6. The maximum atomic E-state index is 13.9. The highest BCUT2D eigenvalue weighted by atomic mass is 19.3. The van der Waals surface area contributed by atoms with Crippen LogP contribution in [0.1, 0.15) is 35.6 Å². The van der Waals surface area contributed by atoms with Gasteiger partial charge in [-0.15, -0.1) is 0 Å². The topological polar surface area (TPSA) is 29.1 Å². The fourth-order valence-electron chi connectivity index (χ4n) is 4.22. The van der Waals surface area contributed by atoms with Gasteiger partial charge in [-0.3, -0.25) is 4.79 Å². The van der Waals surface area contributed by atoms with Crippen LogP contribution in [0.5, 0.6) is 0 Å². The highest BCUT2D eigenvalue weighted by Gasteiger charge is 2.61. The van der Waals surface area contributed by atoms with E-state index in [9.17, 15) is 22.4 Å². The largest absolute Gasteiger partial charge is 0.343 e. The number of carbonyl (C=O) groups excluding carboxylic acids is 1. The minimum atomic E-state index is -3.04. The molecule has 1 spiro atoms. The van der Waals surface area contributed by atoms with E-state index in [4.69, 9.17) is 0 Å². The van der Waals surface area contributed by atoms with Crippen molar-refractivity contribution in [3.63, 3.8) is 0 Å². The van der Waals surface area contributed by atoms with Crippen molar-refractivity contribution in [1.29, 1.82) is 0 Å². The second-order valence-electron chi connectivity index (χ2n) is 7.06. The molecule has 6 heteroatoms. The number of halogens is 4. The smallest absolute Gasteiger partial charge is 0.262 e. The molecule has 0 aromatic heterocycles. The summed E-state index contributed by atoms with van der Waals surface area (Å²) in [5.74, 6) is -2.73. The Balaban J connectivity index is 1.55. The summed E-state index contributed by atoms with van der Waals surface area (Å²) >= 11 is 0. The van der Waals surface area contributed by atoms with Crippen molar-refractivity contribution in [2.24, 2.45) is 5.92 Å². The Morgan fingerprint density at radius 1 is 1.15 bits per heavy atom. The van der Waals surface area contributed by atoms with Crippen molar-refractivity contribution in [3.8, 4) is 0 Å². The molecule has 2 aliphatic rings. The summed E-state index contributed by atoms with van der Waals surface area (Å²) in [6, 6.07) is 8.32. The third-order valence-corrected chi connectivity index (χ3v) is 5.63. The molecule has 3 atom stereocenters. The van der Waals surface area contributed by atoms with Gasteiger partial charge in [0.25, 0.3) is 6.43 Å². The van der Waals surface area contributed by atoms with Gasteiger partial charge in [0, 0.05) is 16.9 Å². The Labute approximate surface area is 148 Å². The van der Waals surface area contributed by atoms with Crippen LogP contribution in [0.2, 0.25) is 0 Å². The summed E-state index contributed by atoms with van der Waals surface area (Å²) < 4.78 is 54.1. The van der Waals surface area contributed by atoms with Gasteiger partial charge in [-0.1, -0.05) is 24.3 Å². The summed E-state index contributed by atoms with van der Waals surface area (Å²) in [4.78, 5) is 12.6. The van der Waals surface area contributed by atoms with Crippen molar-refractivity contribution in [1.82, 2.24) is 5.32 Å². The van der Waals surface area contributed by atoms with E-state index in [1.807, 2.05) is 24.3 Å². The van der Waals surface area contributed by atoms with Crippen LogP contribution >= 0.6 is 0 Å². The van der Waals surface area contributed by atoms with Gasteiger partial charge in [0.2, 0.25) is 5.91 Å². The van der Waals surface area contributed by atoms with Crippen molar-refractivity contribution >= 4 is 5.91 Å². The van der Waals surface area contributed by atoms with E-state index in [0.29, 0.717) is 12.5 Å².